The number of aromatic nitrogens is 3. The summed E-state index contributed by atoms with van der Waals surface area (Å²) in [4.78, 5) is 24.4. The molecule has 2 aliphatic rings. The van der Waals surface area contributed by atoms with E-state index in [4.69, 9.17) is 0 Å². The Morgan fingerprint density at radius 1 is 1.34 bits per heavy atom. The fourth-order valence-corrected chi connectivity index (χ4v) is 6.43. The van der Waals surface area contributed by atoms with Gasteiger partial charge in [-0.05, 0) is 43.0 Å². The average molecular weight is 435 g/mol. The second-order valence-corrected chi connectivity index (χ2v) is 10.8. The van der Waals surface area contributed by atoms with Crippen LogP contribution in [0.2, 0.25) is 0 Å². The van der Waals surface area contributed by atoms with Gasteiger partial charge in [0.25, 0.3) is 0 Å². The lowest BCUT2D eigenvalue weighted by Crippen LogP contribution is -2.11. The van der Waals surface area contributed by atoms with E-state index >= 15 is 0 Å². The van der Waals surface area contributed by atoms with Crippen molar-refractivity contribution in [1.29, 1.82) is 0 Å². The molecule has 2 aromatic rings. The predicted molar refractivity (Wildman–Crippen MR) is 110 cm³/mol. The van der Waals surface area contributed by atoms with Crippen LogP contribution in [-0.4, -0.2) is 52.1 Å². The SMILES string of the molecule is CC1C(=O)Nc2ccc(C(=O)CSc3nnc(CC4CCS(=O)(=O)C4)n3C)cc21. The van der Waals surface area contributed by atoms with Gasteiger partial charge in [0, 0.05) is 24.7 Å². The van der Waals surface area contributed by atoms with E-state index in [2.05, 4.69) is 15.5 Å². The molecule has 8 nitrogen and oxygen atoms in total. The number of sulfone groups is 1. The zero-order chi connectivity index (χ0) is 20.8. The number of ketones is 1. The third kappa shape index (κ3) is 4.09. The highest BCUT2D eigenvalue weighted by atomic mass is 32.2. The summed E-state index contributed by atoms with van der Waals surface area (Å²) in [5.74, 6) is 1.10. The van der Waals surface area contributed by atoms with Crippen LogP contribution in [-0.2, 0) is 28.1 Å². The monoisotopic (exact) mass is 434 g/mol. The van der Waals surface area contributed by atoms with E-state index < -0.39 is 9.84 Å². The molecule has 0 saturated carbocycles. The molecule has 29 heavy (non-hydrogen) atoms. The van der Waals surface area contributed by atoms with E-state index in [1.54, 1.807) is 18.2 Å². The largest absolute Gasteiger partial charge is 0.325 e. The summed E-state index contributed by atoms with van der Waals surface area (Å²) in [5, 5.41) is 11.8. The summed E-state index contributed by atoms with van der Waals surface area (Å²) in [6.07, 6.45) is 1.23. The fraction of sp³-hybridized carbons (Fsp3) is 0.474. The van der Waals surface area contributed by atoms with Crippen LogP contribution in [0, 0.1) is 5.92 Å². The van der Waals surface area contributed by atoms with Gasteiger partial charge in [0.2, 0.25) is 5.91 Å². The second kappa shape index (κ2) is 7.56. The van der Waals surface area contributed by atoms with Gasteiger partial charge in [-0.2, -0.15) is 0 Å². The van der Waals surface area contributed by atoms with Crippen molar-refractivity contribution in [1.82, 2.24) is 14.8 Å². The van der Waals surface area contributed by atoms with E-state index in [0.717, 1.165) is 17.1 Å². The van der Waals surface area contributed by atoms with E-state index in [9.17, 15) is 18.0 Å². The fourth-order valence-electron chi connectivity index (χ4n) is 3.74. The zero-order valence-corrected chi connectivity index (χ0v) is 17.8. The van der Waals surface area contributed by atoms with Crippen LogP contribution < -0.4 is 5.32 Å². The molecule has 1 amide bonds. The minimum absolute atomic E-state index is 0.0456. The minimum Gasteiger partial charge on any atom is -0.325 e. The van der Waals surface area contributed by atoms with Gasteiger partial charge in [-0.1, -0.05) is 11.8 Å². The van der Waals surface area contributed by atoms with Gasteiger partial charge in [-0.15, -0.1) is 10.2 Å². The Hall–Kier alpha value is -2.20. The Bertz CT molecular complexity index is 1090. The lowest BCUT2D eigenvalue weighted by atomic mass is 9.99. The van der Waals surface area contributed by atoms with Gasteiger partial charge in [0.1, 0.15) is 5.82 Å². The molecule has 0 spiro atoms. The maximum absolute atomic E-state index is 12.6. The standard InChI is InChI=1S/C19H22N4O4S2/c1-11-14-8-13(3-4-15(14)20-18(11)25)16(24)9-28-19-22-21-17(23(19)2)7-12-5-6-29(26,27)10-12/h3-4,8,11-12H,5-7,9-10H2,1-2H3,(H,20,25). The first-order valence-electron chi connectivity index (χ1n) is 9.43. The highest BCUT2D eigenvalue weighted by Crippen LogP contribution is 2.33. The predicted octanol–water partition coefficient (Wildman–Crippen LogP) is 1.82. The van der Waals surface area contributed by atoms with E-state index in [0.29, 0.717) is 23.6 Å². The van der Waals surface area contributed by atoms with Gasteiger partial charge >= 0.3 is 0 Å². The molecule has 4 rings (SSSR count). The smallest absolute Gasteiger partial charge is 0.231 e. The topological polar surface area (TPSA) is 111 Å². The molecule has 3 heterocycles. The Labute approximate surface area is 173 Å². The molecule has 1 aromatic heterocycles. The van der Waals surface area contributed by atoms with Crippen LogP contribution in [0.1, 0.15) is 41.0 Å². The van der Waals surface area contributed by atoms with Crippen LogP contribution in [0.4, 0.5) is 5.69 Å². The molecular formula is C19H22N4O4S2. The number of carbonyl (C=O) groups excluding carboxylic acids is 2. The summed E-state index contributed by atoms with van der Waals surface area (Å²) < 4.78 is 25.1. The van der Waals surface area contributed by atoms with Gasteiger partial charge in [0.05, 0.1) is 23.2 Å². The summed E-state index contributed by atoms with van der Waals surface area (Å²) in [6.45, 7) is 1.82. The Balaban J connectivity index is 1.39. The molecule has 1 aromatic carbocycles. The highest BCUT2D eigenvalue weighted by molar-refractivity contribution is 7.99. The highest BCUT2D eigenvalue weighted by Gasteiger charge is 2.30. The number of rotatable bonds is 6. The van der Waals surface area contributed by atoms with Crippen molar-refractivity contribution in [2.75, 3.05) is 22.6 Å². The quantitative estimate of drug-likeness (QED) is 0.545. The average Bonchev–Trinajstić information content (AvgIpc) is 3.30. The molecule has 1 saturated heterocycles. The summed E-state index contributed by atoms with van der Waals surface area (Å²) >= 11 is 1.30. The summed E-state index contributed by atoms with van der Waals surface area (Å²) in [5.41, 5.74) is 2.18. The molecule has 0 bridgehead atoms. The van der Waals surface area contributed by atoms with Crippen molar-refractivity contribution in [2.24, 2.45) is 13.0 Å². The van der Waals surface area contributed by atoms with Crippen LogP contribution in [0.3, 0.4) is 0 Å². The number of Topliss-reactive ketones (excluding diaryl/α,β-unsaturated/α-hetero) is 1. The van der Waals surface area contributed by atoms with Crippen LogP contribution in [0.5, 0.6) is 0 Å². The van der Waals surface area contributed by atoms with E-state index in [-0.39, 0.29) is 40.8 Å². The molecule has 10 heteroatoms. The molecule has 2 aliphatic heterocycles. The molecule has 1 fully saturated rings. The third-order valence-electron chi connectivity index (χ3n) is 5.55. The zero-order valence-electron chi connectivity index (χ0n) is 16.2. The summed E-state index contributed by atoms with van der Waals surface area (Å²) in [6, 6.07) is 5.27. The van der Waals surface area contributed by atoms with Gasteiger partial charge in [-0.25, -0.2) is 8.42 Å². The van der Waals surface area contributed by atoms with Crippen LogP contribution >= 0.6 is 11.8 Å². The Morgan fingerprint density at radius 2 is 2.14 bits per heavy atom. The number of anilines is 1. The van der Waals surface area contributed by atoms with Crippen LogP contribution in [0.15, 0.2) is 23.4 Å². The maximum Gasteiger partial charge on any atom is 0.231 e. The lowest BCUT2D eigenvalue weighted by molar-refractivity contribution is -0.116. The number of carbonyl (C=O) groups is 2. The number of hydrogen-bond donors (Lipinski definition) is 1. The normalized spacial score (nSPS) is 22.5. The first-order valence-corrected chi connectivity index (χ1v) is 12.2. The number of nitrogens with one attached hydrogen (secondary N) is 1. The van der Waals surface area contributed by atoms with Crippen molar-refractivity contribution in [3.05, 3.63) is 35.2 Å². The molecule has 0 aliphatic carbocycles. The third-order valence-corrected chi connectivity index (χ3v) is 8.40. The molecule has 2 unspecified atom stereocenters. The molecule has 154 valence electrons. The Morgan fingerprint density at radius 3 is 2.86 bits per heavy atom. The number of amides is 1. The second-order valence-electron chi connectivity index (χ2n) is 7.66. The Kier molecular flexibility index (Phi) is 5.24. The minimum atomic E-state index is -2.92. The van der Waals surface area contributed by atoms with Gasteiger partial charge < -0.3 is 9.88 Å². The van der Waals surface area contributed by atoms with Crippen LogP contribution in [0.25, 0.3) is 0 Å². The number of benzene rings is 1. The molecular weight excluding hydrogens is 412 g/mol. The molecule has 2 atom stereocenters. The lowest BCUT2D eigenvalue weighted by Gasteiger charge is -2.08. The first-order chi connectivity index (χ1) is 13.7. The number of nitrogens with zero attached hydrogens (tertiary/aromatic N) is 3. The molecule has 0 radical (unpaired) electrons. The van der Waals surface area contributed by atoms with Crippen molar-refractivity contribution < 1.29 is 18.0 Å². The van der Waals surface area contributed by atoms with Crippen molar-refractivity contribution in [2.45, 2.75) is 30.8 Å². The first kappa shape index (κ1) is 20.1. The van der Waals surface area contributed by atoms with E-state index in [1.165, 1.54) is 11.8 Å². The summed E-state index contributed by atoms with van der Waals surface area (Å²) in [7, 11) is -1.09. The van der Waals surface area contributed by atoms with Gasteiger partial charge in [-0.3, -0.25) is 9.59 Å². The number of thioether (sulfide) groups is 1. The molecule has 1 N–H and O–H groups in total. The van der Waals surface area contributed by atoms with Crippen molar-refractivity contribution >= 4 is 39.0 Å². The number of hydrogen-bond acceptors (Lipinski definition) is 7. The van der Waals surface area contributed by atoms with E-state index in [1.807, 2.05) is 18.5 Å². The van der Waals surface area contributed by atoms with Gasteiger partial charge in [0.15, 0.2) is 20.8 Å². The number of fused-ring (bicyclic) bond motifs is 1. The van der Waals surface area contributed by atoms with Crippen molar-refractivity contribution in [3.63, 3.8) is 0 Å². The van der Waals surface area contributed by atoms with Crippen molar-refractivity contribution in [3.8, 4) is 0 Å². The maximum atomic E-state index is 12.6.